The lowest BCUT2D eigenvalue weighted by Crippen LogP contribution is -2.07. The largest absolute Gasteiger partial charge is 0.396 e. The molecule has 0 spiro atoms. The van der Waals surface area contributed by atoms with Crippen LogP contribution in [0.5, 0.6) is 0 Å². The maximum absolute atomic E-state index is 6.12. The summed E-state index contributed by atoms with van der Waals surface area (Å²) in [4.78, 5) is 3.98. The third-order valence-electron chi connectivity index (χ3n) is 3.02. The SMILES string of the molecule is CCc1nn(Cc2ccncc2Cl)c(CC)c1N. The van der Waals surface area contributed by atoms with E-state index in [1.165, 1.54) is 0 Å². The molecule has 0 aromatic carbocycles. The highest BCUT2D eigenvalue weighted by atomic mass is 35.5. The minimum Gasteiger partial charge on any atom is -0.396 e. The molecular weight excluding hydrogens is 248 g/mol. The molecule has 0 bridgehead atoms. The fourth-order valence-electron chi connectivity index (χ4n) is 2.02. The number of nitrogen functional groups attached to an aromatic ring is 1. The van der Waals surface area contributed by atoms with Crippen LogP contribution in [0.2, 0.25) is 5.02 Å². The average molecular weight is 265 g/mol. The van der Waals surface area contributed by atoms with Gasteiger partial charge in [0.05, 0.1) is 28.6 Å². The molecule has 0 amide bonds. The standard InChI is InChI=1S/C13H17ClN4/c1-3-11-13(15)12(4-2)18(17-11)8-9-5-6-16-7-10(9)14/h5-7H,3-4,8,15H2,1-2H3. The number of aromatic nitrogens is 3. The van der Waals surface area contributed by atoms with Crippen LogP contribution in [0.1, 0.15) is 30.8 Å². The van der Waals surface area contributed by atoms with Crippen LogP contribution in [0, 0.1) is 0 Å². The second kappa shape index (κ2) is 5.40. The van der Waals surface area contributed by atoms with Crippen molar-refractivity contribution in [3.63, 3.8) is 0 Å². The molecule has 0 aliphatic heterocycles. The summed E-state index contributed by atoms with van der Waals surface area (Å²) in [5.74, 6) is 0. The quantitative estimate of drug-likeness (QED) is 0.924. The molecule has 2 aromatic heterocycles. The predicted molar refractivity (Wildman–Crippen MR) is 73.7 cm³/mol. The molecule has 0 fully saturated rings. The van der Waals surface area contributed by atoms with Crippen LogP contribution in [0.4, 0.5) is 5.69 Å². The third-order valence-corrected chi connectivity index (χ3v) is 3.36. The minimum atomic E-state index is 0.634. The van der Waals surface area contributed by atoms with Crippen molar-refractivity contribution in [1.82, 2.24) is 14.8 Å². The van der Waals surface area contributed by atoms with Crippen molar-refractivity contribution in [2.45, 2.75) is 33.2 Å². The van der Waals surface area contributed by atoms with Crippen LogP contribution in [0.15, 0.2) is 18.5 Å². The molecule has 0 atom stereocenters. The lowest BCUT2D eigenvalue weighted by Gasteiger charge is -2.07. The number of nitrogens with zero attached hydrogens (tertiary/aromatic N) is 3. The van der Waals surface area contributed by atoms with Crippen molar-refractivity contribution in [2.75, 3.05) is 5.73 Å². The fourth-order valence-corrected chi connectivity index (χ4v) is 2.20. The van der Waals surface area contributed by atoms with E-state index in [9.17, 15) is 0 Å². The number of rotatable bonds is 4. The first kappa shape index (κ1) is 12.9. The zero-order valence-electron chi connectivity index (χ0n) is 10.7. The van der Waals surface area contributed by atoms with Crippen LogP contribution < -0.4 is 5.73 Å². The molecule has 4 nitrogen and oxygen atoms in total. The van der Waals surface area contributed by atoms with E-state index < -0.39 is 0 Å². The van der Waals surface area contributed by atoms with Crippen LogP contribution in [-0.4, -0.2) is 14.8 Å². The lowest BCUT2D eigenvalue weighted by molar-refractivity contribution is 0.640. The Bertz CT molecular complexity index is 548. The van der Waals surface area contributed by atoms with E-state index in [4.69, 9.17) is 17.3 Å². The van der Waals surface area contributed by atoms with Crippen molar-refractivity contribution < 1.29 is 0 Å². The molecule has 0 aliphatic carbocycles. The summed E-state index contributed by atoms with van der Waals surface area (Å²) >= 11 is 6.12. The summed E-state index contributed by atoms with van der Waals surface area (Å²) in [6, 6.07) is 1.91. The second-order valence-corrected chi connectivity index (χ2v) is 4.55. The van der Waals surface area contributed by atoms with Gasteiger partial charge in [0.25, 0.3) is 0 Å². The number of anilines is 1. The first-order valence-corrected chi connectivity index (χ1v) is 6.47. The molecule has 5 heteroatoms. The van der Waals surface area contributed by atoms with Gasteiger partial charge in [0, 0.05) is 12.4 Å². The Labute approximate surface area is 112 Å². The maximum Gasteiger partial charge on any atom is 0.0854 e. The van der Waals surface area contributed by atoms with Crippen molar-refractivity contribution >= 4 is 17.3 Å². The van der Waals surface area contributed by atoms with Gasteiger partial charge in [-0.15, -0.1) is 0 Å². The Morgan fingerprint density at radius 1 is 1.33 bits per heavy atom. The highest BCUT2D eigenvalue weighted by Crippen LogP contribution is 2.21. The van der Waals surface area contributed by atoms with Crippen LogP contribution >= 0.6 is 11.6 Å². The van der Waals surface area contributed by atoms with E-state index in [-0.39, 0.29) is 0 Å². The summed E-state index contributed by atoms with van der Waals surface area (Å²) < 4.78 is 1.94. The minimum absolute atomic E-state index is 0.634. The number of aryl methyl sites for hydroxylation is 1. The van der Waals surface area contributed by atoms with Gasteiger partial charge >= 0.3 is 0 Å². The number of pyridine rings is 1. The molecule has 96 valence electrons. The van der Waals surface area contributed by atoms with Gasteiger partial charge in [-0.25, -0.2) is 0 Å². The Morgan fingerprint density at radius 2 is 2.11 bits per heavy atom. The zero-order chi connectivity index (χ0) is 13.1. The molecule has 2 rings (SSSR count). The van der Waals surface area contributed by atoms with Gasteiger partial charge in [0.1, 0.15) is 0 Å². The van der Waals surface area contributed by atoms with E-state index in [2.05, 4.69) is 23.9 Å². The third kappa shape index (κ3) is 2.34. The van der Waals surface area contributed by atoms with E-state index in [0.29, 0.717) is 11.6 Å². The van der Waals surface area contributed by atoms with Crippen molar-refractivity contribution in [3.05, 3.63) is 40.4 Å². The molecular formula is C13H17ClN4. The molecule has 0 saturated heterocycles. The Morgan fingerprint density at radius 3 is 2.72 bits per heavy atom. The molecule has 0 radical (unpaired) electrons. The Hall–Kier alpha value is -1.55. The number of halogens is 1. The summed E-state index contributed by atoms with van der Waals surface area (Å²) in [5.41, 5.74) is 9.93. The Kier molecular flexibility index (Phi) is 3.87. The molecule has 18 heavy (non-hydrogen) atoms. The van der Waals surface area contributed by atoms with Gasteiger partial charge in [-0.3, -0.25) is 9.67 Å². The predicted octanol–water partition coefficient (Wildman–Crippen LogP) is 2.69. The lowest BCUT2D eigenvalue weighted by atomic mass is 10.2. The van der Waals surface area contributed by atoms with E-state index in [1.807, 2.05) is 10.7 Å². The molecule has 2 heterocycles. The summed E-state index contributed by atoms with van der Waals surface area (Å²) in [5, 5.41) is 5.21. The van der Waals surface area contributed by atoms with Gasteiger partial charge in [0.15, 0.2) is 0 Å². The first-order chi connectivity index (χ1) is 8.67. The second-order valence-electron chi connectivity index (χ2n) is 4.14. The van der Waals surface area contributed by atoms with Crippen molar-refractivity contribution in [1.29, 1.82) is 0 Å². The van der Waals surface area contributed by atoms with E-state index >= 15 is 0 Å². The fraction of sp³-hybridized carbons (Fsp3) is 0.385. The van der Waals surface area contributed by atoms with Gasteiger partial charge in [-0.05, 0) is 24.5 Å². The highest BCUT2D eigenvalue weighted by molar-refractivity contribution is 6.31. The van der Waals surface area contributed by atoms with Gasteiger partial charge in [-0.2, -0.15) is 5.10 Å². The molecule has 0 saturated carbocycles. The van der Waals surface area contributed by atoms with Crippen LogP contribution in [-0.2, 0) is 19.4 Å². The number of hydrogen-bond acceptors (Lipinski definition) is 3. The monoisotopic (exact) mass is 264 g/mol. The molecule has 0 aliphatic rings. The Balaban J connectivity index is 2.37. The van der Waals surface area contributed by atoms with Crippen molar-refractivity contribution in [2.24, 2.45) is 0 Å². The topological polar surface area (TPSA) is 56.7 Å². The average Bonchev–Trinajstić information content (AvgIpc) is 2.68. The van der Waals surface area contributed by atoms with E-state index in [0.717, 1.165) is 35.5 Å². The molecule has 2 N–H and O–H groups in total. The van der Waals surface area contributed by atoms with Gasteiger partial charge in [0.2, 0.25) is 0 Å². The maximum atomic E-state index is 6.12. The normalized spacial score (nSPS) is 10.8. The number of nitrogens with two attached hydrogens (primary N) is 1. The summed E-state index contributed by atoms with van der Waals surface area (Å²) in [6.45, 7) is 4.77. The summed E-state index contributed by atoms with van der Waals surface area (Å²) in [6.07, 6.45) is 5.09. The van der Waals surface area contributed by atoms with Crippen LogP contribution in [0.25, 0.3) is 0 Å². The van der Waals surface area contributed by atoms with Crippen molar-refractivity contribution in [3.8, 4) is 0 Å². The molecule has 2 aromatic rings. The van der Waals surface area contributed by atoms with Gasteiger partial charge < -0.3 is 5.73 Å². The molecule has 0 unspecified atom stereocenters. The number of hydrogen-bond donors (Lipinski definition) is 1. The van der Waals surface area contributed by atoms with E-state index in [1.54, 1.807) is 12.4 Å². The van der Waals surface area contributed by atoms with Crippen LogP contribution in [0.3, 0.4) is 0 Å². The van der Waals surface area contributed by atoms with Gasteiger partial charge in [-0.1, -0.05) is 25.4 Å². The first-order valence-electron chi connectivity index (χ1n) is 6.09. The smallest absolute Gasteiger partial charge is 0.0854 e. The summed E-state index contributed by atoms with van der Waals surface area (Å²) in [7, 11) is 0. The highest BCUT2D eigenvalue weighted by Gasteiger charge is 2.13. The zero-order valence-corrected chi connectivity index (χ0v) is 11.4.